The summed E-state index contributed by atoms with van der Waals surface area (Å²) in [7, 11) is 0. The van der Waals surface area contributed by atoms with E-state index in [0.717, 1.165) is 32.1 Å². The average Bonchev–Trinajstić information content (AvgIpc) is 2.66. The van der Waals surface area contributed by atoms with Gasteiger partial charge in [0.1, 0.15) is 5.78 Å². The molecule has 2 rings (SSSR count). The van der Waals surface area contributed by atoms with E-state index >= 15 is 0 Å². The van der Waals surface area contributed by atoms with Crippen molar-refractivity contribution in [3.63, 3.8) is 0 Å². The minimum Gasteiger partial charge on any atom is -0.300 e. The summed E-state index contributed by atoms with van der Waals surface area (Å²) in [6.45, 7) is 2.23. The third-order valence-corrected chi connectivity index (χ3v) is 4.92. The third-order valence-electron chi connectivity index (χ3n) is 4.92. The lowest BCUT2D eigenvalue weighted by atomic mass is 9.88. The number of carbonyl (C=O) groups excluding carboxylic acids is 1. The molecule has 0 amide bonds. The first-order chi connectivity index (χ1) is 12.3. The van der Waals surface area contributed by atoms with Crippen LogP contribution < -0.4 is 0 Å². The minimum absolute atomic E-state index is 0.398. The maximum Gasteiger partial charge on any atom is 0.133 e. The van der Waals surface area contributed by atoms with Gasteiger partial charge in [-0.3, -0.25) is 4.79 Å². The van der Waals surface area contributed by atoms with Crippen molar-refractivity contribution in [2.24, 2.45) is 0 Å². The highest BCUT2D eigenvalue weighted by Crippen LogP contribution is 2.27. The van der Waals surface area contributed by atoms with E-state index < -0.39 is 0 Å². The van der Waals surface area contributed by atoms with E-state index in [4.69, 9.17) is 0 Å². The first-order valence-electron chi connectivity index (χ1n) is 9.90. The minimum atomic E-state index is 0.398. The van der Waals surface area contributed by atoms with Gasteiger partial charge < -0.3 is 0 Å². The van der Waals surface area contributed by atoms with E-state index in [-0.39, 0.29) is 0 Å². The van der Waals surface area contributed by atoms with Gasteiger partial charge in [-0.25, -0.2) is 0 Å². The van der Waals surface area contributed by atoms with E-state index in [9.17, 15) is 4.79 Å². The Hall–Kier alpha value is -1.89. The molecule has 1 nitrogen and oxygen atoms in total. The summed E-state index contributed by atoms with van der Waals surface area (Å²) in [5, 5.41) is 0. The summed E-state index contributed by atoms with van der Waals surface area (Å²) < 4.78 is 0. The molecule has 25 heavy (non-hydrogen) atoms. The Morgan fingerprint density at radius 1 is 0.840 bits per heavy atom. The van der Waals surface area contributed by atoms with E-state index in [2.05, 4.69) is 67.6 Å². The van der Waals surface area contributed by atoms with Crippen LogP contribution in [0.2, 0.25) is 0 Å². The second-order valence-electron chi connectivity index (χ2n) is 7.04. The van der Waals surface area contributed by atoms with Gasteiger partial charge >= 0.3 is 0 Å². The number of hydrogen-bond acceptors (Lipinski definition) is 1. The van der Waals surface area contributed by atoms with Crippen LogP contribution in [0.3, 0.4) is 0 Å². The molecule has 2 aromatic carbocycles. The van der Waals surface area contributed by atoms with Gasteiger partial charge in [0.2, 0.25) is 0 Å². The first kappa shape index (κ1) is 19.4. The highest BCUT2D eigenvalue weighted by molar-refractivity contribution is 5.79. The van der Waals surface area contributed by atoms with Crippen LogP contribution in [0.1, 0.15) is 75.3 Å². The monoisotopic (exact) mass is 336 g/mol. The number of hydrogen-bond donors (Lipinski definition) is 0. The fourth-order valence-corrected chi connectivity index (χ4v) is 3.43. The van der Waals surface area contributed by atoms with Crippen LogP contribution in [-0.4, -0.2) is 5.78 Å². The lowest BCUT2D eigenvalue weighted by Gasteiger charge is -2.16. The molecule has 0 saturated heterocycles. The maximum atomic E-state index is 12.5. The molecule has 1 heteroatoms. The van der Waals surface area contributed by atoms with Gasteiger partial charge in [0.05, 0.1) is 0 Å². The summed E-state index contributed by atoms with van der Waals surface area (Å²) in [5.74, 6) is 0.827. The Morgan fingerprint density at radius 2 is 1.52 bits per heavy atom. The van der Waals surface area contributed by atoms with Crippen molar-refractivity contribution in [1.29, 1.82) is 0 Å². The van der Waals surface area contributed by atoms with E-state index in [1.54, 1.807) is 0 Å². The standard InChI is InChI=1S/C24H32O/c1-2-3-6-18-23(22-16-9-5-10-17-22)20-24(25)19-12-11-15-21-13-7-4-8-14-21/h4-5,7-10,13-14,16-17,23H,2-3,6,11-12,15,18-20H2,1H3. The van der Waals surface area contributed by atoms with E-state index in [1.165, 1.54) is 30.4 Å². The molecule has 1 atom stereocenters. The zero-order valence-corrected chi connectivity index (χ0v) is 15.6. The second-order valence-corrected chi connectivity index (χ2v) is 7.04. The van der Waals surface area contributed by atoms with Crippen molar-refractivity contribution in [2.45, 2.75) is 70.6 Å². The molecule has 0 saturated carbocycles. The van der Waals surface area contributed by atoms with Gasteiger partial charge in [-0.15, -0.1) is 0 Å². The molecule has 0 aromatic heterocycles. The Balaban J connectivity index is 1.76. The van der Waals surface area contributed by atoms with Crippen LogP contribution >= 0.6 is 0 Å². The van der Waals surface area contributed by atoms with Crippen LogP contribution in [0.4, 0.5) is 0 Å². The van der Waals surface area contributed by atoms with Gasteiger partial charge in [0.25, 0.3) is 0 Å². The Kier molecular flexibility index (Phi) is 9.04. The summed E-state index contributed by atoms with van der Waals surface area (Å²) in [6, 6.07) is 21.1. The molecule has 1 unspecified atom stereocenters. The fraction of sp³-hybridized carbons (Fsp3) is 0.458. The molecular weight excluding hydrogens is 304 g/mol. The summed E-state index contributed by atoms with van der Waals surface area (Å²) in [5.41, 5.74) is 2.70. The SMILES string of the molecule is CCCCCC(CC(=O)CCCCc1ccccc1)c1ccccc1. The number of rotatable bonds is 12. The number of unbranched alkanes of at least 4 members (excludes halogenated alkanes) is 3. The molecular formula is C24H32O. The Bertz CT molecular complexity index is 588. The number of ketones is 1. The zero-order chi connectivity index (χ0) is 17.7. The van der Waals surface area contributed by atoms with Gasteiger partial charge in [0, 0.05) is 12.8 Å². The molecule has 0 radical (unpaired) electrons. The van der Waals surface area contributed by atoms with Gasteiger partial charge in [-0.1, -0.05) is 86.8 Å². The fourth-order valence-electron chi connectivity index (χ4n) is 3.43. The normalized spacial score (nSPS) is 12.0. The molecule has 0 aliphatic carbocycles. The quantitative estimate of drug-likeness (QED) is 0.393. The summed E-state index contributed by atoms with van der Waals surface area (Å²) in [4.78, 5) is 12.5. The molecule has 0 aliphatic heterocycles. The number of aryl methyl sites for hydroxylation is 1. The van der Waals surface area contributed by atoms with Crippen LogP contribution in [0.15, 0.2) is 60.7 Å². The third kappa shape index (κ3) is 7.69. The highest BCUT2D eigenvalue weighted by Gasteiger charge is 2.15. The highest BCUT2D eigenvalue weighted by atomic mass is 16.1. The molecule has 0 bridgehead atoms. The largest absolute Gasteiger partial charge is 0.300 e. The lowest BCUT2D eigenvalue weighted by Crippen LogP contribution is -2.08. The van der Waals surface area contributed by atoms with Crippen LogP contribution in [-0.2, 0) is 11.2 Å². The number of carbonyl (C=O) groups is 1. The number of Topliss-reactive ketones (excluding diaryl/α,β-unsaturated/α-hetero) is 1. The summed E-state index contributed by atoms with van der Waals surface area (Å²) in [6.07, 6.45) is 9.45. The van der Waals surface area contributed by atoms with Gasteiger partial charge in [0.15, 0.2) is 0 Å². The molecule has 0 heterocycles. The predicted octanol–water partition coefficient (Wildman–Crippen LogP) is 6.72. The van der Waals surface area contributed by atoms with E-state index in [0.29, 0.717) is 18.1 Å². The Morgan fingerprint density at radius 3 is 2.20 bits per heavy atom. The zero-order valence-electron chi connectivity index (χ0n) is 15.6. The first-order valence-corrected chi connectivity index (χ1v) is 9.90. The molecule has 0 fully saturated rings. The smallest absolute Gasteiger partial charge is 0.133 e. The van der Waals surface area contributed by atoms with Crippen LogP contribution in [0, 0.1) is 0 Å². The number of benzene rings is 2. The molecule has 0 spiro atoms. The summed E-state index contributed by atoms with van der Waals surface area (Å²) >= 11 is 0. The van der Waals surface area contributed by atoms with Crippen molar-refractivity contribution < 1.29 is 4.79 Å². The molecule has 0 aliphatic rings. The Labute approximate surface area is 153 Å². The topological polar surface area (TPSA) is 17.1 Å². The van der Waals surface area contributed by atoms with Crippen molar-refractivity contribution in [3.05, 3.63) is 71.8 Å². The van der Waals surface area contributed by atoms with Gasteiger partial charge in [-0.05, 0) is 42.7 Å². The van der Waals surface area contributed by atoms with Gasteiger partial charge in [-0.2, -0.15) is 0 Å². The molecule has 2 aromatic rings. The molecule has 134 valence electrons. The predicted molar refractivity (Wildman–Crippen MR) is 107 cm³/mol. The van der Waals surface area contributed by atoms with Crippen molar-refractivity contribution >= 4 is 5.78 Å². The van der Waals surface area contributed by atoms with Crippen molar-refractivity contribution in [1.82, 2.24) is 0 Å². The lowest BCUT2D eigenvalue weighted by molar-refractivity contribution is -0.119. The molecule has 0 N–H and O–H groups in total. The van der Waals surface area contributed by atoms with Crippen LogP contribution in [0.25, 0.3) is 0 Å². The van der Waals surface area contributed by atoms with Crippen molar-refractivity contribution in [2.75, 3.05) is 0 Å². The van der Waals surface area contributed by atoms with E-state index in [1.807, 2.05) is 0 Å². The maximum absolute atomic E-state index is 12.5. The van der Waals surface area contributed by atoms with Crippen molar-refractivity contribution in [3.8, 4) is 0 Å². The average molecular weight is 337 g/mol. The second kappa shape index (κ2) is 11.6. The van der Waals surface area contributed by atoms with Crippen LogP contribution in [0.5, 0.6) is 0 Å².